The summed E-state index contributed by atoms with van der Waals surface area (Å²) in [6.45, 7) is 4.00. The van der Waals surface area contributed by atoms with Gasteiger partial charge in [0.15, 0.2) is 0 Å². The lowest BCUT2D eigenvalue weighted by Crippen LogP contribution is -1.85. The zero-order valence-corrected chi connectivity index (χ0v) is 8.60. The van der Waals surface area contributed by atoms with Crippen molar-refractivity contribution in [1.82, 2.24) is 0 Å². The molecular formula is C10H21NO. The van der Waals surface area contributed by atoms with Gasteiger partial charge in [0.1, 0.15) is 0 Å². The van der Waals surface area contributed by atoms with E-state index in [-0.39, 0.29) is 0 Å². The number of hydrogen-bond donors (Lipinski definition) is 0. The Bertz CT molecular complexity index is 81.0. The Hall–Kier alpha value is -0.710. The largest absolute Gasteiger partial charge is 0.431 e. The maximum Gasteiger partial charge on any atom is 0.286 e. The van der Waals surface area contributed by atoms with Crippen LogP contribution in [0.5, 0.6) is 0 Å². The van der Waals surface area contributed by atoms with Gasteiger partial charge in [0, 0.05) is 0 Å². The maximum atomic E-state index is 7.40. The van der Waals surface area contributed by atoms with E-state index in [1.807, 2.05) is 13.8 Å². The fraction of sp³-hybridized carbons (Fsp3) is 0.900. The smallest absolute Gasteiger partial charge is 0.286 e. The first-order chi connectivity index (χ1) is 5.91. The average Bonchev–Trinajstić information content (AvgIpc) is 2.24. The van der Waals surface area contributed by atoms with Crippen molar-refractivity contribution < 1.29 is 4.74 Å². The van der Waals surface area contributed by atoms with E-state index in [0.717, 1.165) is 0 Å². The molecule has 1 aliphatic carbocycles. The fourth-order valence-corrected chi connectivity index (χ4v) is 1.06. The zero-order chi connectivity index (χ0) is 9.66. The quantitative estimate of drug-likeness (QED) is 0.523. The minimum absolute atomic E-state index is 1.32. The molecule has 12 heavy (non-hydrogen) atoms. The van der Waals surface area contributed by atoms with Gasteiger partial charge in [-0.15, -0.1) is 0 Å². The van der Waals surface area contributed by atoms with Gasteiger partial charge in [-0.2, -0.15) is 5.26 Å². The molecule has 0 amide bonds. The number of methoxy groups -OCH3 is 1. The van der Waals surface area contributed by atoms with Crippen LogP contribution in [0.15, 0.2) is 0 Å². The normalized spacial score (nSPS) is 13.8. The molecule has 0 heterocycles. The predicted octanol–water partition coefficient (Wildman–Crippen LogP) is 3.48. The number of nitriles is 1. The van der Waals surface area contributed by atoms with Crippen LogP contribution >= 0.6 is 0 Å². The Balaban J connectivity index is 0. The van der Waals surface area contributed by atoms with Crippen LogP contribution in [0, 0.1) is 11.5 Å². The van der Waals surface area contributed by atoms with Gasteiger partial charge < -0.3 is 4.74 Å². The molecule has 0 aliphatic heterocycles. The highest BCUT2D eigenvalue weighted by molar-refractivity contribution is 4.51. The second-order valence-corrected chi connectivity index (χ2v) is 2.42. The molecule has 0 aromatic rings. The van der Waals surface area contributed by atoms with Crippen molar-refractivity contribution in [2.75, 3.05) is 7.11 Å². The average molecular weight is 171 g/mol. The van der Waals surface area contributed by atoms with E-state index in [1.54, 1.807) is 0 Å². The second-order valence-electron chi connectivity index (χ2n) is 2.42. The van der Waals surface area contributed by atoms with E-state index in [2.05, 4.69) is 4.74 Å². The van der Waals surface area contributed by atoms with Gasteiger partial charge >= 0.3 is 0 Å². The lowest BCUT2D eigenvalue weighted by Gasteiger charge is -2.05. The van der Waals surface area contributed by atoms with Gasteiger partial charge in [0.05, 0.1) is 7.11 Å². The molecule has 2 nitrogen and oxygen atoms in total. The fourth-order valence-electron chi connectivity index (χ4n) is 1.06. The second kappa shape index (κ2) is 16.7. The summed E-state index contributed by atoms with van der Waals surface area (Å²) in [6.07, 6.45) is 10.4. The van der Waals surface area contributed by atoms with E-state index in [0.29, 0.717) is 0 Å². The van der Waals surface area contributed by atoms with Crippen molar-refractivity contribution in [1.29, 1.82) is 5.26 Å². The molecule has 0 radical (unpaired) electrons. The van der Waals surface area contributed by atoms with Crippen LogP contribution in [-0.4, -0.2) is 7.11 Å². The summed E-state index contributed by atoms with van der Waals surface area (Å²) in [5.74, 6) is 0. The third-order valence-electron chi connectivity index (χ3n) is 1.59. The lowest BCUT2D eigenvalue weighted by atomic mass is 10.0. The molecule has 2 heteroatoms. The van der Waals surface area contributed by atoms with Crippen molar-refractivity contribution in [3.8, 4) is 6.26 Å². The highest BCUT2D eigenvalue weighted by Gasteiger charge is 1.95. The van der Waals surface area contributed by atoms with Gasteiger partial charge in [0.25, 0.3) is 6.26 Å². The number of hydrogen-bond acceptors (Lipinski definition) is 2. The summed E-state index contributed by atoms with van der Waals surface area (Å²) >= 11 is 0. The molecule has 0 bridgehead atoms. The van der Waals surface area contributed by atoms with Crippen molar-refractivity contribution >= 4 is 0 Å². The van der Waals surface area contributed by atoms with E-state index >= 15 is 0 Å². The van der Waals surface area contributed by atoms with Gasteiger partial charge in [-0.05, 0) is 0 Å². The molecule has 0 spiro atoms. The van der Waals surface area contributed by atoms with Crippen LogP contribution in [0.25, 0.3) is 0 Å². The topological polar surface area (TPSA) is 33.0 Å². The van der Waals surface area contributed by atoms with Gasteiger partial charge in [-0.25, -0.2) is 0 Å². The predicted molar refractivity (Wildman–Crippen MR) is 51.7 cm³/mol. The highest BCUT2D eigenvalue weighted by Crippen LogP contribution is 2.15. The van der Waals surface area contributed by atoms with Crippen LogP contribution in [0.3, 0.4) is 0 Å². The first-order valence-electron chi connectivity index (χ1n) is 4.84. The summed E-state index contributed by atoms with van der Waals surface area (Å²) in [6, 6.07) is 0. The third-order valence-corrected chi connectivity index (χ3v) is 1.59. The van der Waals surface area contributed by atoms with Crippen LogP contribution in [0.2, 0.25) is 0 Å². The van der Waals surface area contributed by atoms with Crippen molar-refractivity contribution in [2.45, 2.75) is 52.4 Å². The monoisotopic (exact) mass is 171 g/mol. The molecule has 1 rings (SSSR count). The molecule has 0 saturated heterocycles. The minimum atomic E-state index is 1.32. The first kappa shape index (κ1) is 13.9. The molecule has 1 aliphatic rings. The Morgan fingerprint density at radius 3 is 1.17 bits per heavy atom. The van der Waals surface area contributed by atoms with Crippen molar-refractivity contribution in [2.24, 2.45) is 0 Å². The molecule has 0 unspecified atom stereocenters. The first-order valence-corrected chi connectivity index (χ1v) is 4.84. The van der Waals surface area contributed by atoms with Crippen molar-refractivity contribution in [3.05, 3.63) is 0 Å². The SMILES string of the molecule is C1CCCCC1.CC.COC#N. The molecule has 72 valence electrons. The molecule has 0 atom stereocenters. The van der Waals surface area contributed by atoms with Crippen LogP contribution in [-0.2, 0) is 4.74 Å². The van der Waals surface area contributed by atoms with Gasteiger partial charge in [0.2, 0.25) is 0 Å². The Labute approximate surface area is 76.5 Å². The summed E-state index contributed by atoms with van der Waals surface area (Å²) in [7, 11) is 1.32. The van der Waals surface area contributed by atoms with E-state index in [1.165, 1.54) is 51.9 Å². The van der Waals surface area contributed by atoms with Gasteiger partial charge in [-0.3, -0.25) is 0 Å². The summed E-state index contributed by atoms with van der Waals surface area (Å²) in [5, 5.41) is 7.40. The third kappa shape index (κ3) is 16.1. The van der Waals surface area contributed by atoms with E-state index in [4.69, 9.17) is 5.26 Å². The lowest BCUT2D eigenvalue weighted by molar-refractivity contribution is 0.362. The summed E-state index contributed by atoms with van der Waals surface area (Å²) in [4.78, 5) is 0. The summed E-state index contributed by atoms with van der Waals surface area (Å²) in [5.41, 5.74) is 0. The Kier molecular flexibility index (Phi) is 19.3. The molecule has 0 aromatic carbocycles. The molecular weight excluding hydrogens is 150 g/mol. The standard InChI is InChI=1S/C6H12.C2H3NO.C2H6/c1-2-4-6-5-3-1;1-4-2-3;1-2/h1-6H2;1H3;1-2H3. The maximum absolute atomic E-state index is 7.40. The number of rotatable bonds is 0. The zero-order valence-electron chi connectivity index (χ0n) is 8.60. The van der Waals surface area contributed by atoms with Crippen LogP contribution in [0.1, 0.15) is 52.4 Å². The minimum Gasteiger partial charge on any atom is -0.431 e. The molecule has 0 N–H and O–H groups in total. The molecule has 1 saturated carbocycles. The molecule has 1 fully saturated rings. The number of nitrogens with zero attached hydrogens (tertiary/aromatic N) is 1. The van der Waals surface area contributed by atoms with E-state index in [9.17, 15) is 0 Å². The molecule has 0 aromatic heterocycles. The number of ether oxygens (including phenoxy) is 1. The Morgan fingerprint density at radius 2 is 1.08 bits per heavy atom. The summed E-state index contributed by atoms with van der Waals surface area (Å²) < 4.78 is 3.85. The highest BCUT2D eigenvalue weighted by atomic mass is 16.5. The Morgan fingerprint density at radius 1 is 0.917 bits per heavy atom. The van der Waals surface area contributed by atoms with Crippen LogP contribution in [0.4, 0.5) is 0 Å². The van der Waals surface area contributed by atoms with Crippen molar-refractivity contribution in [3.63, 3.8) is 0 Å². The van der Waals surface area contributed by atoms with Crippen LogP contribution < -0.4 is 0 Å². The van der Waals surface area contributed by atoms with Gasteiger partial charge in [-0.1, -0.05) is 52.4 Å². The van der Waals surface area contributed by atoms with E-state index < -0.39 is 0 Å².